The molecule has 1 aliphatic rings. The van der Waals surface area contributed by atoms with Crippen LogP contribution in [-0.2, 0) is 11.0 Å². The van der Waals surface area contributed by atoms with E-state index >= 15 is 0 Å². The molecule has 0 spiro atoms. The van der Waals surface area contributed by atoms with Gasteiger partial charge in [-0.1, -0.05) is 11.6 Å². The van der Waals surface area contributed by atoms with E-state index in [1.54, 1.807) is 13.0 Å². The van der Waals surface area contributed by atoms with Crippen LogP contribution in [0.25, 0.3) is 0 Å². The highest BCUT2D eigenvalue weighted by molar-refractivity contribution is 7.18. The van der Waals surface area contributed by atoms with Crippen molar-refractivity contribution in [3.05, 3.63) is 45.3 Å². The van der Waals surface area contributed by atoms with Crippen LogP contribution in [0.5, 0.6) is 0 Å². The molecule has 1 aromatic carbocycles. The van der Waals surface area contributed by atoms with E-state index in [2.05, 4.69) is 10.6 Å². The SMILES string of the molecule is Cc1cc(NC(=O)C2CC2)sc1C(=O)Nc1ccc(Cl)c(C(F)(F)F)c1. The number of aryl methyl sites for hydroxylation is 1. The second-order valence-corrected chi connectivity index (χ2v) is 7.49. The van der Waals surface area contributed by atoms with Crippen molar-refractivity contribution in [2.75, 3.05) is 10.6 Å². The molecule has 0 saturated heterocycles. The van der Waals surface area contributed by atoms with Gasteiger partial charge in [-0.15, -0.1) is 11.3 Å². The molecule has 1 saturated carbocycles. The van der Waals surface area contributed by atoms with E-state index in [-0.39, 0.29) is 17.5 Å². The quantitative estimate of drug-likeness (QED) is 0.726. The standard InChI is InChI=1S/C17H14ClF3N2O2S/c1-8-6-13(23-15(24)9-2-3-9)26-14(8)16(25)22-10-4-5-12(18)11(7-10)17(19,20)21/h4-7,9H,2-3H2,1H3,(H,22,25)(H,23,24). The highest BCUT2D eigenvalue weighted by Gasteiger charge is 2.33. The van der Waals surface area contributed by atoms with Gasteiger partial charge >= 0.3 is 6.18 Å². The molecule has 0 unspecified atom stereocenters. The Morgan fingerprint density at radius 1 is 1.19 bits per heavy atom. The van der Waals surface area contributed by atoms with Gasteiger partial charge in [-0.3, -0.25) is 9.59 Å². The van der Waals surface area contributed by atoms with E-state index in [0.29, 0.717) is 15.4 Å². The number of hydrogen-bond donors (Lipinski definition) is 2. The summed E-state index contributed by atoms with van der Waals surface area (Å²) in [5.74, 6) is -0.592. The van der Waals surface area contributed by atoms with E-state index in [4.69, 9.17) is 11.6 Å². The largest absolute Gasteiger partial charge is 0.417 e. The number of nitrogens with one attached hydrogen (secondary N) is 2. The number of carbonyl (C=O) groups is 2. The van der Waals surface area contributed by atoms with E-state index in [1.165, 1.54) is 6.07 Å². The zero-order valence-electron chi connectivity index (χ0n) is 13.5. The summed E-state index contributed by atoms with van der Waals surface area (Å²) in [6.45, 7) is 1.70. The molecule has 138 valence electrons. The normalized spacial score (nSPS) is 14.2. The average Bonchev–Trinajstić information content (AvgIpc) is 3.32. The van der Waals surface area contributed by atoms with Crippen molar-refractivity contribution in [3.63, 3.8) is 0 Å². The number of rotatable bonds is 4. The Labute approximate surface area is 156 Å². The fourth-order valence-electron chi connectivity index (χ4n) is 2.35. The molecule has 9 heteroatoms. The van der Waals surface area contributed by atoms with Crippen molar-refractivity contribution in [2.45, 2.75) is 25.9 Å². The molecule has 0 aliphatic heterocycles. The Morgan fingerprint density at radius 3 is 2.50 bits per heavy atom. The van der Waals surface area contributed by atoms with Crippen LogP contribution >= 0.6 is 22.9 Å². The van der Waals surface area contributed by atoms with Crippen LogP contribution in [0.3, 0.4) is 0 Å². The number of hydrogen-bond acceptors (Lipinski definition) is 3. The number of benzene rings is 1. The molecule has 4 nitrogen and oxygen atoms in total. The highest BCUT2D eigenvalue weighted by Crippen LogP contribution is 2.37. The summed E-state index contributed by atoms with van der Waals surface area (Å²) in [7, 11) is 0. The highest BCUT2D eigenvalue weighted by atomic mass is 35.5. The summed E-state index contributed by atoms with van der Waals surface area (Å²) in [5, 5.41) is 5.30. The van der Waals surface area contributed by atoms with Crippen LogP contribution in [0, 0.1) is 12.8 Å². The van der Waals surface area contributed by atoms with Crippen LogP contribution in [-0.4, -0.2) is 11.8 Å². The average molecular weight is 403 g/mol. The fourth-order valence-corrected chi connectivity index (χ4v) is 3.54. The second kappa shape index (κ2) is 6.92. The predicted octanol–water partition coefficient (Wildman–Crippen LogP) is 5.33. The van der Waals surface area contributed by atoms with Crippen LogP contribution in [0.2, 0.25) is 5.02 Å². The molecule has 1 heterocycles. The lowest BCUT2D eigenvalue weighted by Crippen LogP contribution is -2.13. The van der Waals surface area contributed by atoms with Gasteiger partial charge in [0.2, 0.25) is 5.91 Å². The molecule has 1 aromatic heterocycles. The molecule has 2 amide bonds. The van der Waals surface area contributed by atoms with Gasteiger partial charge in [-0.05, 0) is 49.6 Å². The summed E-state index contributed by atoms with van der Waals surface area (Å²) in [6.07, 6.45) is -2.89. The van der Waals surface area contributed by atoms with Crippen LogP contribution < -0.4 is 10.6 Å². The molecule has 0 bridgehead atoms. The van der Waals surface area contributed by atoms with Crippen LogP contribution in [0.1, 0.15) is 33.6 Å². The topological polar surface area (TPSA) is 58.2 Å². The Balaban J connectivity index is 1.76. The van der Waals surface area contributed by atoms with Crippen molar-refractivity contribution in [1.82, 2.24) is 0 Å². The van der Waals surface area contributed by atoms with E-state index in [0.717, 1.165) is 36.3 Å². The molecular formula is C17H14ClF3N2O2S. The Hall–Kier alpha value is -2.06. The summed E-state index contributed by atoms with van der Waals surface area (Å²) >= 11 is 6.65. The lowest BCUT2D eigenvalue weighted by Gasteiger charge is -2.11. The smallest absolute Gasteiger partial charge is 0.321 e. The van der Waals surface area contributed by atoms with Crippen LogP contribution in [0.4, 0.5) is 23.9 Å². The van der Waals surface area contributed by atoms with E-state index in [9.17, 15) is 22.8 Å². The third kappa shape index (κ3) is 4.19. The summed E-state index contributed by atoms with van der Waals surface area (Å²) in [4.78, 5) is 24.5. The van der Waals surface area contributed by atoms with Crippen LogP contribution in [0.15, 0.2) is 24.3 Å². The molecule has 1 aliphatic carbocycles. The predicted molar refractivity (Wildman–Crippen MR) is 94.8 cm³/mol. The maximum Gasteiger partial charge on any atom is 0.417 e. The van der Waals surface area contributed by atoms with Gasteiger partial charge in [0.1, 0.15) is 0 Å². The number of thiophene rings is 1. The van der Waals surface area contributed by atoms with Gasteiger partial charge in [-0.2, -0.15) is 13.2 Å². The Bertz CT molecular complexity index is 875. The third-order valence-electron chi connectivity index (χ3n) is 3.85. The number of anilines is 2. The first-order valence-corrected chi connectivity index (χ1v) is 8.94. The van der Waals surface area contributed by atoms with Gasteiger partial charge in [0.25, 0.3) is 5.91 Å². The monoisotopic (exact) mass is 402 g/mol. The van der Waals surface area contributed by atoms with Gasteiger partial charge in [0, 0.05) is 11.6 Å². The summed E-state index contributed by atoms with van der Waals surface area (Å²) in [6, 6.07) is 4.85. The maximum absolute atomic E-state index is 12.9. The van der Waals surface area contributed by atoms with Crippen molar-refractivity contribution < 1.29 is 22.8 Å². The molecule has 2 aromatic rings. The molecule has 1 fully saturated rings. The van der Waals surface area contributed by atoms with Gasteiger partial charge < -0.3 is 10.6 Å². The molecular weight excluding hydrogens is 389 g/mol. The minimum Gasteiger partial charge on any atom is -0.321 e. The number of amides is 2. The van der Waals surface area contributed by atoms with Crippen molar-refractivity contribution in [2.24, 2.45) is 5.92 Å². The Morgan fingerprint density at radius 2 is 1.88 bits per heavy atom. The second-order valence-electron chi connectivity index (χ2n) is 6.03. The molecule has 0 radical (unpaired) electrons. The minimum atomic E-state index is -4.61. The van der Waals surface area contributed by atoms with Crippen molar-refractivity contribution >= 4 is 45.4 Å². The van der Waals surface area contributed by atoms with Crippen molar-refractivity contribution in [3.8, 4) is 0 Å². The van der Waals surface area contributed by atoms with Gasteiger partial charge in [0.15, 0.2) is 0 Å². The summed E-state index contributed by atoms with van der Waals surface area (Å²) < 4.78 is 38.7. The number of carbonyl (C=O) groups excluding carboxylic acids is 2. The number of halogens is 4. The van der Waals surface area contributed by atoms with Gasteiger partial charge in [-0.25, -0.2) is 0 Å². The van der Waals surface area contributed by atoms with Gasteiger partial charge in [0.05, 0.1) is 20.5 Å². The first kappa shape index (κ1) is 18.7. The van der Waals surface area contributed by atoms with Crippen molar-refractivity contribution in [1.29, 1.82) is 0 Å². The molecule has 3 rings (SSSR count). The van der Waals surface area contributed by atoms with E-state index in [1.807, 2.05) is 0 Å². The number of alkyl halides is 3. The van der Waals surface area contributed by atoms with E-state index < -0.39 is 22.7 Å². The minimum absolute atomic E-state index is 0.0110. The third-order valence-corrected chi connectivity index (χ3v) is 5.33. The lowest BCUT2D eigenvalue weighted by atomic mass is 10.2. The first-order valence-electron chi connectivity index (χ1n) is 7.74. The zero-order chi connectivity index (χ0) is 19.1. The summed E-state index contributed by atoms with van der Waals surface area (Å²) in [5.41, 5.74) is -0.399. The maximum atomic E-state index is 12.9. The fraction of sp³-hybridized carbons (Fsp3) is 0.294. The first-order chi connectivity index (χ1) is 12.1. The lowest BCUT2D eigenvalue weighted by molar-refractivity contribution is -0.137. The molecule has 0 atom stereocenters. The zero-order valence-corrected chi connectivity index (χ0v) is 15.1. The Kier molecular flexibility index (Phi) is 4.98. The molecule has 26 heavy (non-hydrogen) atoms. The molecule has 2 N–H and O–H groups in total.